The van der Waals surface area contributed by atoms with Crippen molar-refractivity contribution < 1.29 is 17.6 Å². The van der Waals surface area contributed by atoms with Crippen LogP contribution in [0.2, 0.25) is 0 Å². The smallest absolute Gasteiger partial charge is 0.243 e. The van der Waals surface area contributed by atoms with Crippen molar-refractivity contribution in [2.75, 3.05) is 18.4 Å². The first-order chi connectivity index (χ1) is 13.9. The lowest BCUT2D eigenvalue weighted by molar-refractivity contribution is -0.120. The summed E-state index contributed by atoms with van der Waals surface area (Å²) in [4.78, 5) is 18.2. The third-order valence-electron chi connectivity index (χ3n) is 4.71. The fourth-order valence-electron chi connectivity index (χ4n) is 3.21. The monoisotopic (exact) mass is 451 g/mol. The Kier molecular flexibility index (Phi) is 5.77. The van der Waals surface area contributed by atoms with Crippen LogP contribution in [-0.2, 0) is 14.8 Å². The lowest BCUT2D eigenvalue weighted by atomic mass is 9.99. The number of hydrogen-bond donors (Lipinski definition) is 1. The molecule has 1 saturated heterocycles. The zero-order valence-corrected chi connectivity index (χ0v) is 17.7. The molecule has 0 unspecified atom stereocenters. The van der Waals surface area contributed by atoms with Crippen LogP contribution in [0.15, 0.2) is 52.1 Å². The topological polar surface area (TPSA) is 79.4 Å². The summed E-state index contributed by atoms with van der Waals surface area (Å²) >= 11 is 2.91. The number of nitrogens with one attached hydrogen (secondary N) is 1. The number of hydrogen-bond acceptors (Lipinski definition) is 6. The predicted octanol–water partition coefficient (Wildman–Crippen LogP) is 4.05. The first kappa shape index (κ1) is 20.1. The normalized spacial score (nSPS) is 17.9. The molecule has 0 bridgehead atoms. The predicted molar refractivity (Wildman–Crippen MR) is 112 cm³/mol. The number of amides is 1. The van der Waals surface area contributed by atoms with Crippen LogP contribution in [0.5, 0.6) is 0 Å². The summed E-state index contributed by atoms with van der Waals surface area (Å²) in [5, 5.41) is 7.16. The van der Waals surface area contributed by atoms with Crippen molar-refractivity contribution in [2.24, 2.45) is 5.92 Å². The van der Waals surface area contributed by atoms with Gasteiger partial charge in [-0.25, -0.2) is 17.8 Å². The van der Waals surface area contributed by atoms with Gasteiger partial charge in [0.1, 0.15) is 5.82 Å². The molecule has 3 aromatic rings. The van der Waals surface area contributed by atoms with E-state index in [9.17, 15) is 17.6 Å². The lowest BCUT2D eigenvalue weighted by Gasteiger charge is -2.31. The minimum atomic E-state index is -3.77. The van der Waals surface area contributed by atoms with Crippen LogP contribution in [0.25, 0.3) is 10.6 Å². The minimum absolute atomic E-state index is 0.0282. The van der Waals surface area contributed by atoms with Crippen molar-refractivity contribution in [1.82, 2.24) is 9.29 Å². The summed E-state index contributed by atoms with van der Waals surface area (Å²) in [6.07, 6.45) is 1.18. The van der Waals surface area contributed by atoms with E-state index in [1.54, 1.807) is 11.3 Å². The van der Waals surface area contributed by atoms with Crippen LogP contribution in [0.1, 0.15) is 12.8 Å². The Morgan fingerprint density at radius 3 is 2.72 bits per heavy atom. The molecule has 0 spiro atoms. The van der Waals surface area contributed by atoms with E-state index >= 15 is 0 Å². The summed E-state index contributed by atoms with van der Waals surface area (Å²) in [5.74, 6) is -1.20. The highest BCUT2D eigenvalue weighted by atomic mass is 32.2. The number of anilines is 1. The average molecular weight is 452 g/mol. The number of thiophene rings is 1. The maximum absolute atomic E-state index is 13.1. The molecule has 0 radical (unpaired) electrons. The van der Waals surface area contributed by atoms with Gasteiger partial charge in [0, 0.05) is 18.5 Å². The van der Waals surface area contributed by atoms with E-state index in [0.29, 0.717) is 24.5 Å². The van der Waals surface area contributed by atoms with E-state index in [4.69, 9.17) is 0 Å². The molecule has 1 N–H and O–H groups in total. The molecule has 2 aromatic heterocycles. The highest BCUT2D eigenvalue weighted by Gasteiger charge is 2.33. The molecule has 1 aliphatic rings. The maximum Gasteiger partial charge on any atom is 0.243 e. The van der Waals surface area contributed by atoms with Gasteiger partial charge in [-0.2, -0.15) is 4.31 Å². The SMILES string of the molecule is O=C(Nc1nc(-c2cccs2)cs1)[C@H]1CCCN(S(=O)(=O)c2ccc(F)cc2)C1. The Balaban J connectivity index is 1.44. The highest BCUT2D eigenvalue weighted by Crippen LogP contribution is 2.29. The number of benzene rings is 1. The quantitative estimate of drug-likeness (QED) is 0.635. The van der Waals surface area contributed by atoms with Gasteiger partial charge >= 0.3 is 0 Å². The summed E-state index contributed by atoms with van der Waals surface area (Å²) in [5.41, 5.74) is 0.810. The molecule has 3 heterocycles. The van der Waals surface area contributed by atoms with Gasteiger partial charge in [-0.3, -0.25) is 4.79 Å². The van der Waals surface area contributed by atoms with Gasteiger partial charge in [-0.05, 0) is 48.6 Å². The van der Waals surface area contributed by atoms with Gasteiger partial charge in [0.2, 0.25) is 15.9 Å². The molecule has 1 aliphatic heterocycles. The molecule has 1 fully saturated rings. The Labute approximate surface area is 176 Å². The van der Waals surface area contributed by atoms with Crippen molar-refractivity contribution in [2.45, 2.75) is 17.7 Å². The number of aromatic nitrogens is 1. The molecule has 1 amide bonds. The van der Waals surface area contributed by atoms with E-state index in [-0.39, 0.29) is 17.3 Å². The number of thiazole rings is 1. The Morgan fingerprint density at radius 1 is 1.21 bits per heavy atom. The molecule has 4 rings (SSSR count). The van der Waals surface area contributed by atoms with E-state index in [1.165, 1.54) is 27.8 Å². The van der Waals surface area contributed by atoms with Crippen molar-refractivity contribution in [3.63, 3.8) is 0 Å². The van der Waals surface area contributed by atoms with Gasteiger partial charge in [0.05, 0.1) is 21.4 Å². The van der Waals surface area contributed by atoms with E-state index in [0.717, 1.165) is 22.7 Å². The fourth-order valence-corrected chi connectivity index (χ4v) is 6.20. The second-order valence-electron chi connectivity index (χ2n) is 6.66. The maximum atomic E-state index is 13.1. The number of carbonyl (C=O) groups excluding carboxylic acids is 1. The van der Waals surface area contributed by atoms with Gasteiger partial charge in [-0.1, -0.05) is 6.07 Å². The zero-order valence-electron chi connectivity index (χ0n) is 15.2. The van der Waals surface area contributed by atoms with Crippen molar-refractivity contribution >= 4 is 43.7 Å². The summed E-state index contributed by atoms with van der Waals surface area (Å²) in [6.45, 7) is 0.429. The van der Waals surface area contributed by atoms with Gasteiger partial charge in [0.25, 0.3) is 0 Å². The molecule has 1 aromatic carbocycles. The van der Waals surface area contributed by atoms with E-state index < -0.39 is 21.8 Å². The molecule has 0 aliphatic carbocycles. The lowest BCUT2D eigenvalue weighted by Crippen LogP contribution is -2.43. The third kappa shape index (κ3) is 4.40. The van der Waals surface area contributed by atoms with Crippen molar-refractivity contribution in [3.05, 3.63) is 53.0 Å². The Bertz CT molecular complexity index is 1100. The Morgan fingerprint density at radius 2 is 2.00 bits per heavy atom. The van der Waals surface area contributed by atoms with Gasteiger partial charge in [0.15, 0.2) is 5.13 Å². The molecule has 1 atom stereocenters. The summed E-state index contributed by atoms with van der Waals surface area (Å²) in [7, 11) is -3.77. The largest absolute Gasteiger partial charge is 0.302 e. The minimum Gasteiger partial charge on any atom is -0.302 e. The molecule has 6 nitrogen and oxygen atoms in total. The van der Waals surface area contributed by atoms with Gasteiger partial charge in [-0.15, -0.1) is 22.7 Å². The van der Waals surface area contributed by atoms with Crippen LogP contribution in [0.4, 0.5) is 9.52 Å². The standard InChI is InChI=1S/C19H18FN3O3S3/c20-14-5-7-15(8-6-14)29(25,26)23-9-1-3-13(11-23)18(24)22-19-21-16(12-28-19)17-4-2-10-27-17/h2,4-8,10,12-13H,1,3,9,11H2,(H,21,22,24)/t13-/m0/s1. The molecule has 0 saturated carbocycles. The van der Waals surface area contributed by atoms with Crippen LogP contribution < -0.4 is 5.32 Å². The molecular weight excluding hydrogens is 433 g/mol. The third-order valence-corrected chi connectivity index (χ3v) is 8.24. The van der Waals surface area contributed by atoms with Gasteiger partial charge < -0.3 is 5.32 Å². The number of carbonyl (C=O) groups is 1. The average Bonchev–Trinajstić information content (AvgIpc) is 3.40. The first-order valence-electron chi connectivity index (χ1n) is 8.99. The molecular formula is C19H18FN3O3S3. The first-order valence-corrected chi connectivity index (χ1v) is 12.2. The number of rotatable bonds is 5. The molecule has 152 valence electrons. The van der Waals surface area contributed by atoms with E-state index in [1.807, 2.05) is 22.9 Å². The number of piperidine rings is 1. The van der Waals surface area contributed by atoms with Crippen LogP contribution in [-0.4, -0.2) is 36.7 Å². The highest BCUT2D eigenvalue weighted by molar-refractivity contribution is 7.89. The van der Waals surface area contributed by atoms with Crippen LogP contribution in [0.3, 0.4) is 0 Å². The second-order valence-corrected chi connectivity index (χ2v) is 10.4. The Hall–Kier alpha value is -2.14. The van der Waals surface area contributed by atoms with Crippen molar-refractivity contribution in [1.29, 1.82) is 0 Å². The van der Waals surface area contributed by atoms with E-state index in [2.05, 4.69) is 10.3 Å². The second kappa shape index (κ2) is 8.31. The fraction of sp³-hybridized carbons (Fsp3) is 0.263. The van der Waals surface area contributed by atoms with Crippen LogP contribution >= 0.6 is 22.7 Å². The zero-order chi connectivity index (χ0) is 20.4. The van der Waals surface area contributed by atoms with Crippen molar-refractivity contribution in [3.8, 4) is 10.6 Å². The van der Waals surface area contributed by atoms with Crippen LogP contribution in [0, 0.1) is 11.7 Å². The number of nitrogens with zero attached hydrogens (tertiary/aromatic N) is 2. The summed E-state index contributed by atoms with van der Waals surface area (Å²) < 4.78 is 40.1. The molecule has 29 heavy (non-hydrogen) atoms. The number of sulfonamides is 1. The molecule has 10 heteroatoms. The number of halogens is 1. The summed E-state index contributed by atoms with van der Waals surface area (Å²) in [6, 6.07) is 8.63.